The summed E-state index contributed by atoms with van der Waals surface area (Å²) in [4.78, 5) is 19.3. The largest absolute Gasteiger partial charge is 0.359 e. The molecule has 2 aromatic heterocycles. The Morgan fingerprint density at radius 3 is 2.96 bits per heavy atom. The van der Waals surface area contributed by atoms with Crippen LogP contribution in [0.25, 0.3) is 11.0 Å². The molecule has 0 amide bonds. The van der Waals surface area contributed by atoms with Gasteiger partial charge in [0.2, 0.25) is 0 Å². The minimum Gasteiger partial charge on any atom is -0.359 e. The van der Waals surface area contributed by atoms with Crippen LogP contribution in [-0.2, 0) is 13.6 Å². The van der Waals surface area contributed by atoms with Crippen LogP contribution in [0.15, 0.2) is 33.6 Å². The highest BCUT2D eigenvalue weighted by Crippen LogP contribution is 2.33. The number of hydrogen-bond donors (Lipinski definition) is 0. The van der Waals surface area contributed by atoms with E-state index in [0.29, 0.717) is 23.3 Å². The fourth-order valence-corrected chi connectivity index (χ4v) is 3.54. The van der Waals surface area contributed by atoms with E-state index in [9.17, 15) is 9.18 Å². The van der Waals surface area contributed by atoms with Crippen molar-refractivity contribution in [3.05, 3.63) is 57.6 Å². The van der Waals surface area contributed by atoms with E-state index in [1.807, 2.05) is 13.0 Å². The standard InChI is InChI=1S/C18H19FN4O2/c1-11-8-17(25-21-11)16-4-3-7-23(16)10-14-18(24)22(2)15-6-5-12(19)9-13(15)20-14/h5-6,8-9,16H,3-4,7,10H2,1-2H3/t16-/m0/s1. The molecule has 4 rings (SSSR count). The molecule has 6 nitrogen and oxygen atoms in total. The highest BCUT2D eigenvalue weighted by Gasteiger charge is 2.30. The SMILES string of the molecule is Cc1cc([C@@H]2CCCN2Cc2nc3cc(F)ccc3n(C)c2=O)on1. The molecule has 7 heteroatoms. The molecule has 0 saturated carbocycles. The molecule has 1 saturated heterocycles. The predicted octanol–water partition coefficient (Wildman–Crippen LogP) is 2.71. The second-order valence-electron chi connectivity index (χ2n) is 6.55. The highest BCUT2D eigenvalue weighted by molar-refractivity contribution is 5.74. The molecule has 25 heavy (non-hydrogen) atoms. The van der Waals surface area contributed by atoms with Gasteiger partial charge in [-0.2, -0.15) is 0 Å². The molecule has 130 valence electrons. The number of aromatic nitrogens is 3. The highest BCUT2D eigenvalue weighted by atomic mass is 19.1. The Hall–Kier alpha value is -2.54. The second kappa shape index (κ2) is 6.07. The monoisotopic (exact) mass is 342 g/mol. The predicted molar refractivity (Wildman–Crippen MR) is 90.6 cm³/mol. The fraction of sp³-hybridized carbons (Fsp3) is 0.389. The molecule has 1 aromatic carbocycles. The van der Waals surface area contributed by atoms with Crippen molar-refractivity contribution in [2.45, 2.75) is 32.4 Å². The van der Waals surface area contributed by atoms with Gasteiger partial charge in [0.15, 0.2) is 5.76 Å². The molecule has 1 aliphatic heterocycles. The summed E-state index contributed by atoms with van der Waals surface area (Å²) in [6, 6.07) is 6.31. The second-order valence-corrected chi connectivity index (χ2v) is 6.55. The van der Waals surface area contributed by atoms with Crippen molar-refractivity contribution < 1.29 is 8.91 Å². The van der Waals surface area contributed by atoms with Gasteiger partial charge >= 0.3 is 0 Å². The maximum Gasteiger partial charge on any atom is 0.273 e. The zero-order valence-corrected chi connectivity index (χ0v) is 14.2. The number of rotatable bonds is 3. The third-order valence-corrected chi connectivity index (χ3v) is 4.80. The summed E-state index contributed by atoms with van der Waals surface area (Å²) in [6.45, 7) is 3.15. The molecule has 3 aromatic rings. The first-order valence-electron chi connectivity index (χ1n) is 8.35. The van der Waals surface area contributed by atoms with Gasteiger partial charge in [0.05, 0.1) is 22.8 Å². The Balaban J connectivity index is 1.70. The van der Waals surface area contributed by atoms with Gasteiger partial charge in [0, 0.05) is 25.7 Å². The van der Waals surface area contributed by atoms with Crippen molar-refractivity contribution in [3.8, 4) is 0 Å². The van der Waals surface area contributed by atoms with Crippen molar-refractivity contribution in [1.82, 2.24) is 19.6 Å². The molecule has 0 aliphatic carbocycles. The average Bonchev–Trinajstić information content (AvgIpc) is 3.20. The summed E-state index contributed by atoms with van der Waals surface area (Å²) in [5.41, 5.74) is 2.22. The maximum absolute atomic E-state index is 13.5. The third-order valence-electron chi connectivity index (χ3n) is 4.80. The number of halogens is 1. The lowest BCUT2D eigenvalue weighted by Crippen LogP contribution is -2.30. The summed E-state index contributed by atoms with van der Waals surface area (Å²) in [6.07, 6.45) is 1.98. The Kier molecular flexibility index (Phi) is 3.88. The van der Waals surface area contributed by atoms with E-state index in [-0.39, 0.29) is 17.4 Å². The van der Waals surface area contributed by atoms with Crippen LogP contribution < -0.4 is 5.56 Å². The smallest absolute Gasteiger partial charge is 0.273 e. The van der Waals surface area contributed by atoms with Gasteiger partial charge < -0.3 is 9.09 Å². The zero-order chi connectivity index (χ0) is 17.6. The van der Waals surface area contributed by atoms with Crippen molar-refractivity contribution >= 4 is 11.0 Å². The first-order valence-corrected chi connectivity index (χ1v) is 8.35. The molecule has 0 N–H and O–H groups in total. The molecular weight excluding hydrogens is 323 g/mol. The van der Waals surface area contributed by atoms with Crippen molar-refractivity contribution in [1.29, 1.82) is 0 Å². The van der Waals surface area contributed by atoms with E-state index in [4.69, 9.17) is 4.52 Å². The van der Waals surface area contributed by atoms with Gasteiger partial charge in [-0.15, -0.1) is 0 Å². The first kappa shape index (κ1) is 16.0. The molecule has 1 atom stereocenters. The van der Waals surface area contributed by atoms with E-state index in [1.54, 1.807) is 13.1 Å². The normalized spacial score (nSPS) is 18.3. The number of aryl methyl sites for hydroxylation is 2. The Bertz CT molecular complexity index is 994. The average molecular weight is 342 g/mol. The lowest BCUT2D eigenvalue weighted by atomic mass is 10.1. The van der Waals surface area contributed by atoms with Gasteiger partial charge in [0.25, 0.3) is 5.56 Å². The van der Waals surface area contributed by atoms with Crippen LogP contribution in [0.2, 0.25) is 0 Å². The van der Waals surface area contributed by atoms with Gasteiger partial charge in [0.1, 0.15) is 11.5 Å². The van der Waals surface area contributed by atoms with Gasteiger partial charge in [-0.3, -0.25) is 9.69 Å². The van der Waals surface area contributed by atoms with E-state index < -0.39 is 0 Å². The van der Waals surface area contributed by atoms with E-state index in [0.717, 1.165) is 30.8 Å². The molecule has 0 radical (unpaired) electrons. The lowest BCUT2D eigenvalue weighted by Gasteiger charge is -2.22. The van der Waals surface area contributed by atoms with Crippen LogP contribution in [0.5, 0.6) is 0 Å². The molecule has 0 bridgehead atoms. The zero-order valence-electron chi connectivity index (χ0n) is 14.2. The number of hydrogen-bond acceptors (Lipinski definition) is 5. The van der Waals surface area contributed by atoms with E-state index in [2.05, 4.69) is 15.0 Å². The van der Waals surface area contributed by atoms with Crippen molar-refractivity contribution in [3.63, 3.8) is 0 Å². The molecular formula is C18H19FN4O2. The van der Waals surface area contributed by atoms with Crippen molar-refractivity contribution in [2.24, 2.45) is 7.05 Å². The number of fused-ring (bicyclic) bond motifs is 1. The molecule has 0 spiro atoms. The minimum absolute atomic E-state index is 0.0934. The molecule has 1 aliphatic rings. The lowest BCUT2D eigenvalue weighted by molar-refractivity contribution is 0.204. The summed E-state index contributed by atoms with van der Waals surface area (Å²) in [5, 5.41) is 3.96. The molecule has 1 fully saturated rings. The van der Waals surface area contributed by atoms with Gasteiger partial charge in [-0.1, -0.05) is 5.16 Å². The Labute approximate surface area is 143 Å². The summed E-state index contributed by atoms with van der Waals surface area (Å²) < 4.78 is 20.5. The molecule has 3 heterocycles. The van der Waals surface area contributed by atoms with Crippen LogP contribution in [0, 0.1) is 12.7 Å². The summed E-state index contributed by atoms with van der Waals surface area (Å²) in [7, 11) is 1.69. The Morgan fingerprint density at radius 2 is 2.20 bits per heavy atom. The van der Waals surface area contributed by atoms with E-state index in [1.165, 1.54) is 16.7 Å². The minimum atomic E-state index is -0.360. The number of benzene rings is 1. The maximum atomic E-state index is 13.5. The summed E-state index contributed by atoms with van der Waals surface area (Å²) in [5.74, 6) is 0.458. The van der Waals surface area contributed by atoms with Crippen LogP contribution in [0.4, 0.5) is 4.39 Å². The molecule has 0 unspecified atom stereocenters. The Morgan fingerprint density at radius 1 is 1.36 bits per heavy atom. The number of nitrogens with zero attached hydrogens (tertiary/aromatic N) is 4. The quantitative estimate of drug-likeness (QED) is 0.732. The van der Waals surface area contributed by atoms with Crippen molar-refractivity contribution in [2.75, 3.05) is 6.54 Å². The van der Waals surface area contributed by atoms with Crippen LogP contribution in [0.1, 0.15) is 36.0 Å². The van der Waals surface area contributed by atoms with Crippen LogP contribution in [-0.4, -0.2) is 26.2 Å². The topological polar surface area (TPSA) is 64.2 Å². The van der Waals surface area contributed by atoms with Gasteiger partial charge in [-0.05, 0) is 38.4 Å². The van der Waals surface area contributed by atoms with Crippen LogP contribution in [0.3, 0.4) is 0 Å². The van der Waals surface area contributed by atoms with Gasteiger partial charge in [-0.25, -0.2) is 9.37 Å². The third kappa shape index (κ3) is 2.84. The van der Waals surface area contributed by atoms with E-state index >= 15 is 0 Å². The fourth-order valence-electron chi connectivity index (χ4n) is 3.54. The number of likely N-dealkylation sites (tertiary alicyclic amines) is 1. The first-order chi connectivity index (χ1) is 12.0. The summed E-state index contributed by atoms with van der Waals surface area (Å²) >= 11 is 0. The van der Waals surface area contributed by atoms with Crippen LogP contribution >= 0.6 is 0 Å².